The van der Waals surface area contributed by atoms with Gasteiger partial charge in [0.2, 0.25) is 0 Å². The summed E-state index contributed by atoms with van der Waals surface area (Å²) in [5.74, 6) is -19.8. The van der Waals surface area contributed by atoms with Crippen molar-refractivity contribution in [2.45, 2.75) is 24.2 Å². The Hall–Kier alpha value is -2.64. The summed E-state index contributed by atoms with van der Waals surface area (Å²) in [6.45, 7) is 0. The Labute approximate surface area is 134 Å². The van der Waals surface area contributed by atoms with Crippen LogP contribution in [0.1, 0.15) is 22.3 Å². The Bertz CT molecular complexity index is 819. The number of halogens is 12. The van der Waals surface area contributed by atoms with Gasteiger partial charge in [-0.1, -0.05) is 0 Å². The van der Waals surface area contributed by atoms with Gasteiger partial charge < -0.3 is 0 Å². The highest BCUT2D eigenvalue weighted by Crippen LogP contribution is 2.52. The van der Waals surface area contributed by atoms with Crippen molar-refractivity contribution in [2.75, 3.05) is 0 Å². The largest absolute Gasteiger partial charge is 0.458 e. The van der Waals surface area contributed by atoms with Crippen molar-refractivity contribution < 1.29 is 52.7 Å². The van der Waals surface area contributed by atoms with E-state index in [9.17, 15) is 52.7 Å². The van der Waals surface area contributed by atoms with Gasteiger partial charge >= 0.3 is 24.2 Å². The smallest absolute Gasteiger partial charge is 0.206 e. The van der Waals surface area contributed by atoms with Gasteiger partial charge in [-0.2, -0.15) is 54.4 Å². The molecule has 1 aromatic carbocycles. The lowest BCUT2D eigenvalue weighted by molar-refractivity contribution is -0.295. The lowest BCUT2D eigenvalue weighted by atomic mass is 9.90. The summed E-state index contributed by atoms with van der Waals surface area (Å²) < 4.78 is 155. The van der Waals surface area contributed by atoms with Crippen molar-refractivity contribution in [1.29, 1.82) is 10.5 Å². The van der Waals surface area contributed by atoms with Crippen molar-refractivity contribution in [2.24, 2.45) is 0 Å². The first-order valence-electron chi connectivity index (χ1n) is 5.72. The predicted molar refractivity (Wildman–Crippen MR) is 55.7 cm³/mol. The van der Waals surface area contributed by atoms with Crippen LogP contribution in [0.5, 0.6) is 0 Å². The van der Waals surface area contributed by atoms with Gasteiger partial charge in [0, 0.05) is 0 Å². The topological polar surface area (TPSA) is 47.6 Å². The Kier molecular flexibility index (Phi) is 4.91. The third-order valence-electron chi connectivity index (χ3n) is 2.94. The van der Waals surface area contributed by atoms with Gasteiger partial charge in [0.15, 0.2) is 5.82 Å². The maximum atomic E-state index is 13.9. The number of alkyl halides is 10. The van der Waals surface area contributed by atoms with Crippen molar-refractivity contribution in [3.8, 4) is 12.1 Å². The van der Waals surface area contributed by atoms with Crippen molar-refractivity contribution in [1.82, 2.24) is 0 Å². The fourth-order valence-corrected chi connectivity index (χ4v) is 1.76. The van der Waals surface area contributed by atoms with E-state index in [1.54, 1.807) is 0 Å². The van der Waals surface area contributed by atoms with Crippen LogP contribution in [-0.2, 0) is 11.8 Å². The van der Waals surface area contributed by atoms with Crippen LogP contribution < -0.4 is 0 Å². The molecule has 0 aliphatic carbocycles. The highest BCUT2D eigenvalue weighted by atomic mass is 19.4. The standard InChI is InChI=1S/C12F12N2/c13-7-4(2-26)3(1-25)5(9(15,16)11(19,20)21)8(14)6(7)10(17,18)12(22,23)24. The number of nitriles is 2. The average molecular weight is 400 g/mol. The monoisotopic (exact) mass is 400 g/mol. The summed E-state index contributed by atoms with van der Waals surface area (Å²) >= 11 is 0. The number of benzene rings is 1. The van der Waals surface area contributed by atoms with Crippen molar-refractivity contribution >= 4 is 0 Å². The lowest BCUT2D eigenvalue weighted by Gasteiger charge is -2.26. The molecule has 0 bridgehead atoms. The zero-order valence-corrected chi connectivity index (χ0v) is 11.4. The van der Waals surface area contributed by atoms with Gasteiger partial charge in [-0.3, -0.25) is 0 Å². The van der Waals surface area contributed by atoms with Crippen molar-refractivity contribution in [3.63, 3.8) is 0 Å². The summed E-state index contributed by atoms with van der Waals surface area (Å²) in [7, 11) is 0. The van der Waals surface area contributed by atoms with Crippen LogP contribution in [0.2, 0.25) is 0 Å². The van der Waals surface area contributed by atoms with Crippen LogP contribution >= 0.6 is 0 Å². The Morgan fingerprint density at radius 1 is 0.538 bits per heavy atom. The molecule has 26 heavy (non-hydrogen) atoms. The van der Waals surface area contributed by atoms with Gasteiger partial charge in [0.1, 0.15) is 29.1 Å². The molecule has 0 aliphatic heterocycles. The minimum absolute atomic E-state index is 0.384. The van der Waals surface area contributed by atoms with Crippen LogP contribution in [0.15, 0.2) is 0 Å². The Morgan fingerprint density at radius 3 is 1.19 bits per heavy atom. The van der Waals surface area contributed by atoms with E-state index in [0.29, 0.717) is 12.1 Å². The molecule has 0 saturated carbocycles. The van der Waals surface area contributed by atoms with Crippen LogP contribution in [0, 0.1) is 34.3 Å². The molecular weight excluding hydrogens is 400 g/mol. The molecule has 0 amide bonds. The molecule has 0 heterocycles. The summed E-state index contributed by atoms with van der Waals surface area (Å²) in [6, 6.07) is 0.788. The van der Waals surface area contributed by atoms with E-state index < -0.39 is 58.1 Å². The summed E-state index contributed by atoms with van der Waals surface area (Å²) in [5.41, 5.74) is -11.6. The molecular formula is C12F12N2. The molecule has 1 aromatic rings. The van der Waals surface area contributed by atoms with E-state index in [2.05, 4.69) is 0 Å². The van der Waals surface area contributed by atoms with E-state index in [1.807, 2.05) is 0 Å². The highest BCUT2D eigenvalue weighted by Gasteiger charge is 2.66. The first-order valence-corrected chi connectivity index (χ1v) is 5.72. The van der Waals surface area contributed by atoms with Gasteiger partial charge in [-0.05, 0) is 0 Å². The maximum absolute atomic E-state index is 13.9. The Morgan fingerprint density at radius 2 is 0.885 bits per heavy atom. The van der Waals surface area contributed by atoms with Gasteiger partial charge in [-0.15, -0.1) is 0 Å². The first kappa shape index (κ1) is 21.4. The first-order chi connectivity index (χ1) is 11.5. The molecule has 2 nitrogen and oxygen atoms in total. The van der Waals surface area contributed by atoms with Crippen molar-refractivity contribution in [3.05, 3.63) is 33.9 Å². The number of hydrogen-bond donors (Lipinski definition) is 0. The number of rotatable bonds is 2. The zero-order chi connectivity index (χ0) is 20.9. The van der Waals surface area contributed by atoms with Crippen LogP contribution in [-0.4, -0.2) is 12.4 Å². The average Bonchev–Trinajstić information content (AvgIpc) is 2.43. The van der Waals surface area contributed by atoms with E-state index in [-0.39, 0.29) is 0 Å². The normalized spacial score (nSPS) is 13.3. The SMILES string of the molecule is N#Cc1c(F)c(C(F)(F)C(F)(F)F)c(F)c(C(F)(F)C(F)(F)F)c1C#N. The molecule has 14 heteroatoms. The minimum atomic E-state index is -6.82. The molecule has 142 valence electrons. The summed E-state index contributed by atoms with van der Waals surface area (Å²) in [6.07, 6.45) is -13.6. The van der Waals surface area contributed by atoms with E-state index >= 15 is 0 Å². The molecule has 0 fully saturated rings. The van der Waals surface area contributed by atoms with E-state index in [0.717, 1.165) is 0 Å². The zero-order valence-electron chi connectivity index (χ0n) is 11.4. The lowest BCUT2D eigenvalue weighted by Crippen LogP contribution is -2.40. The minimum Gasteiger partial charge on any atom is -0.206 e. The van der Waals surface area contributed by atoms with Gasteiger partial charge in [0.25, 0.3) is 0 Å². The van der Waals surface area contributed by atoms with Gasteiger partial charge in [0.05, 0.1) is 11.1 Å². The highest BCUT2D eigenvalue weighted by molar-refractivity contribution is 5.57. The van der Waals surface area contributed by atoms with Gasteiger partial charge in [-0.25, -0.2) is 8.78 Å². The molecule has 0 atom stereocenters. The molecule has 0 unspecified atom stereocenters. The molecule has 0 aliphatic rings. The summed E-state index contributed by atoms with van der Waals surface area (Å²) in [4.78, 5) is 0. The quantitative estimate of drug-likeness (QED) is 0.655. The fourth-order valence-electron chi connectivity index (χ4n) is 1.76. The van der Waals surface area contributed by atoms with Crippen LogP contribution in [0.25, 0.3) is 0 Å². The third kappa shape index (κ3) is 2.89. The third-order valence-corrected chi connectivity index (χ3v) is 2.94. The molecule has 1 rings (SSSR count). The van der Waals surface area contributed by atoms with Crippen LogP contribution in [0.4, 0.5) is 52.7 Å². The summed E-state index contributed by atoms with van der Waals surface area (Å²) in [5, 5.41) is 17.0. The number of hydrogen-bond acceptors (Lipinski definition) is 2. The fraction of sp³-hybridized carbons (Fsp3) is 0.333. The van der Waals surface area contributed by atoms with E-state index in [1.165, 1.54) is 0 Å². The van der Waals surface area contributed by atoms with E-state index in [4.69, 9.17) is 10.5 Å². The Balaban J connectivity index is 4.24. The second-order valence-corrected chi connectivity index (χ2v) is 4.50. The molecule has 0 aromatic heterocycles. The molecule has 0 N–H and O–H groups in total. The molecule has 0 spiro atoms. The second-order valence-electron chi connectivity index (χ2n) is 4.50. The molecule has 0 saturated heterocycles. The second kappa shape index (κ2) is 5.96. The molecule has 0 radical (unpaired) electrons. The maximum Gasteiger partial charge on any atom is 0.458 e. The van der Waals surface area contributed by atoms with Crippen LogP contribution in [0.3, 0.4) is 0 Å². The number of nitrogens with zero attached hydrogens (tertiary/aromatic N) is 2. The predicted octanol–water partition coefficient (Wildman–Crippen LogP) is 5.02.